The Balaban J connectivity index is 1.03. The highest BCUT2D eigenvalue weighted by Crippen LogP contribution is 2.58. The van der Waals surface area contributed by atoms with Crippen LogP contribution < -0.4 is 10.2 Å². The molecule has 0 spiro atoms. The Morgan fingerprint density at radius 2 is 1.84 bits per heavy atom. The lowest BCUT2D eigenvalue weighted by molar-refractivity contribution is 0.543. The predicted octanol–water partition coefficient (Wildman–Crippen LogP) is 2.91. The fourth-order valence-electron chi connectivity index (χ4n) is 4.45. The minimum Gasteiger partial charge on any atom is -0.403 e. The van der Waals surface area contributed by atoms with Crippen LogP contribution in [0.3, 0.4) is 0 Å². The lowest BCUT2D eigenvalue weighted by Gasteiger charge is -2.15. The number of nitrogens with zero attached hydrogens (tertiary/aromatic N) is 7. The van der Waals surface area contributed by atoms with E-state index in [0.29, 0.717) is 41.2 Å². The maximum absolute atomic E-state index is 5.90. The van der Waals surface area contributed by atoms with Gasteiger partial charge >= 0.3 is 6.01 Å². The molecule has 6 rings (SSSR count). The number of hydrogen-bond acceptors (Lipinski definition) is 9. The summed E-state index contributed by atoms with van der Waals surface area (Å²) in [5, 5.41) is 22.5. The number of anilines is 2. The number of fused-ring (bicyclic) bond motifs is 1. The maximum Gasteiger partial charge on any atom is 0.318 e. The molecule has 0 bridgehead atoms. The Kier molecular flexibility index (Phi) is 4.82. The molecule has 2 aliphatic rings. The highest BCUT2D eigenvalue weighted by atomic mass is 79.9. The fourth-order valence-corrected chi connectivity index (χ4v) is 4.72. The van der Waals surface area contributed by atoms with Crippen LogP contribution >= 0.6 is 15.9 Å². The summed E-state index contributed by atoms with van der Waals surface area (Å²) in [5.74, 6) is 2.63. The summed E-state index contributed by atoms with van der Waals surface area (Å²) in [4.78, 5) is 10.9. The van der Waals surface area contributed by atoms with Gasteiger partial charge in [-0.25, -0.2) is 9.97 Å². The van der Waals surface area contributed by atoms with E-state index in [0.717, 1.165) is 36.2 Å². The first kappa shape index (κ1) is 19.4. The monoisotopic (exact) mass is 493 g/mol. The molecule has 0 amide bonds. The van der Waals surface area contributed by atoms with E-state index in [-0.39, 0.29) is 0 Å². The van der Waals surface area contributed by atoms with Gasteiger partial charge in [-0.2, -0.15) is 15.4 Å². The highest BCUT2D eigenvalue weighted by Gasteiger charge is 2.58. The smallest absolute Gasteiger partial charge is 0.318 e. The minimum atomic E-state index is 0.426. The summed E-state index contributed by atoms with van der Waals surface area (Å²) < 4.78 is 6.98. The fraction of sp³-hybridized carbons (Fsp3) is 0.333. The lowest BCUT2D eigenvalue weighted by atomic mass is 10.1. The van der Waals surface area contributed by atoms with Crippen LogP contribution in [0.2, 0.25) is 0 Å². The van der Waals surface area contributed by atoms with Crippen molar-refractivity contribution in [2.24, 2.45) is 11.8 Å². The molecule has 1 aromatic carbocycles. The summed E-state index contributed by atoms with van der Waals surface area (Å²) >= 11 is 3.45. The molecular formula is C21H20BrN9O. The van der Waals surface area contributed by atoms with Gasteiger partial charge in [0.05, 0.1) is 17.5 Å². The van der Waals surface area contributed by atoms with Crippen molar-refractivity contribution in [3.8, 4) is 11.5 Å². The summed E-state index contributed by atoms with van der Waals surface area (Å²) in [7, 11) is 0. The van der Waals surface area contributed by atoms with E-state index >= 15 is 0 Å². The third-order valence-corrected chi connectivity index (χ3v) is 6.69. The maximum atomic E-state index is 5.90. The molecule has 1 aliphatic carbocycles. The molecule has 1 unspecified atom stereocenters. The summed E-state index contributed by atoms with van der Waals surface area (Å²) in [6, 6.07) is 8.82. The van der Waals surface area contributed by atoms with Gasteiger partial charge < -0.3 is 14.6 Å². The quantitative estimate of drug-likeness (QED) is 0.399. The van der Waals surface area contributed by atoms with Gasteiger partial charge in [0.1, 0.15) is 0 Å². The number of benzene rings is 1. The average molecular weight is 494 g/mol. The van der Waals surface area contributed by atoms with Gasteiger partial charge in [-0.3, -0.25) is 0 Å². The van der Waals surface area contributed by atoms with Gasteiger partial charge in [0, 0.05) is 42.4 Å². The first-order valence-electron chi connectivity index (χ1n) is 10.5. The van der Waals surface area contributed by atoms with Crippen molar-refractivity contribution in [3.05, 3.63) is 58.6 Å². The van der Waals surface area contributed by atoms with Crippen LogP contribution in [0, 0.1) is 11.8 Å². The number of piperidine rings is 1. The van der Waals surface area contributed by atoms with E-state index in [9.17, 15) is 0 Å². The first-order chi connectivity index (χ1) is 15.7. The molecule has 3 aromatic heterocycles. The Bertz CT molecular complexity index is 1180. The molecule has 2 fully saturated rings. The van der Waals surface area contributed by atoms with E-state index in [1.165, 1.54) is 5.56 Å². The minimum absolute atomic E-state index is 0.426. The molecule has 4 aromatic rings. The number of aromatic amines is 1. The molecular weight excluding hydrogens is 474 g/mol. The van der Waals surface area contributed by atoms with Crippen LogP contribution in [0.4, 0.5) is 12.0 Å². The lowest BCUT2D eigenvalue weighted by Crippen LogP contribution is -2.23. The van der Waals surface area contributed by atoms with Gasteiger partial charge in [0.2, 0.25) is 5.95 Å². The number of hydrogen-bond donors (Lipinski definition) is 2. The summed E-state index contributed by atoms with van der Waals surface area (Å²) in [6.45, 7) is 2.53. The third-order valence-electron chi connectivity index (χ3n) is 6.16. The van der Waals surface area contributed by atoms with Crippen LogP contribution in [0.1, 0.15) is 17.2 Å². The van der Waals surface area contributed by atoms with Crippen LogP contribution in [-0.4, -0.2) is 55.2 Å². The zero-order valence-corrected chi connectivity index (χ0v) is 18.6. The normalized spacial score (nSPS) is 21.5. The Morgan fingerprint density at radius 3 is 2.56 bits per heavy atom. The van der Waals surface area contributed by atoms with Gasteiger partial charge in [0.15, 0.2) is 0 Å². The molecule has 10 nitrogen and oxygen atoms in total. The second-order valence-electron chi connectivity index (χ2n) is 8.14. The van der Waals surface area contributed by atoms with Crippen molar-refractivity contribution in [2.45, 2.75) is 12.3 Å². The predicted molar refractivity (Wildman–Crippen MR) is 120 cm³/mol. The van der Waals surface area contributed by atoms with Crippen molar-refractivity contribution in [1.29, 1.82) is 0 Å². The van der Waals surface area contributed by atoms with E-state index in [1.54, 1.807) is 12.4 Å². The zero-order valence-electron chi connectivity index (χ0n) is 17.0. The molecule has 162 valence electrons. The standard InChI is InChI=1S/C21H20BrN9O/c22-14-3-1-12(2-4-14)5-6-23-20-24-7-13(8-25-20)19-28-29-21(32-19)31-10-15-16(11-31)18(15)17-9-26-30-27-17/h1-4,7-9,15-16,18H,5-6,10-11H2,(H,23,24,25)(H,26,27,30)/t15-,16+,18?. The molecule has 1 saturated heterocycles. The molecule has 0 radical (unpaired) electrons. The van der Waals surface area contributed by atoms with Gasteiger partial charge in [0.25, 0.3) is 5.89 Å². The Labute approximate surface area is 192 Å². The van der Waals surface area contributed by atoms with E-state index in [2.05, 4.69) is 73.9 Å². The SMILES string of the molecule is Brc1ccc(CCNc2ncc(-c3nnc(N4C[C@@H]5C(c6cn[nH]n6)[C@@H]5C4)o3)cn2)cc1. The molecule has 32 heavy (non-hydrogen) atoms. The van der Waals surface area contributed by atoms with Crippen molar-refractivity contribution in [1.82, 2.24) is 35.6 Å². The van der Waals surface area contributed by atoms with Crippen LogP contribution in [-0.2, 0) is 6.42 Å². The molecule has 1 aliphatic heterocycles. The van der Waals surface area contributed by atoms with Crippen LogP contribution in [0.25, 0.3) is 11.5 Å². The van der Waals surface area contributed by atoms with Crippen molar-refractivity contribution < 1.29 is 4.42 Å². The van der Waals surface area contributed by atoms with Crippen LogP contribution in [0.15, 0.2) is 51.7 Å². The number of H-pyrrole nitrogens is 1. The second-order valence-corrected chi connectivity index (χ2v) is 9.06. The molecule has 3 atom stereocenters. The van der Waals surface area contributed by atoms with Gasteiger partial charge in [-0.1, -0.05) is 33.2 Å². The van der Waals surface area contributed by atoms with Gasteiger partial charge in [-0.05, 0) is 36.0 Å². The van der Waals surface area contributed by atoms with Crippen molar-refractivity contribution >= 4 is 27.9 Å². The molecule has 11 heteroatoms. The Hall–Kier alpha value is -3.34. The Morgan fingerprint density at radius 1 is 1.06 bits per heavy atom. The molecule has 1 saturated carbocycles. The van der Waals surface area contributed by atoms with E-state index in [1.807, 2.05) is 18.3 Å². The molecule has 4 heterocycles. The average Bonchev–Trinajstić information content (AvgIpc) is 3.35. The number of halogens is 1. The summed E-state index contributed by atoms with van der Waals surface area (Å²) in [6.07, 6.45) is 6.11. The van der Waals surface area contributed by atoms with E-state index in [4.69, 9.17) is 4.42 Å². The van der Waals surface area contributed by atoms with Crippen molar-refractivity contribution in [3.63, 3.8) is 0 Å². The summed E-state index contributed by atoms with van der Waals surface area (Å²) in [5.41, 5.74) is 3.00. The number of nitrogens with one attached hydrogen (secondary N) is 2. The topological polar surface area (TPSA) is 122 Å². The van der Waals surface area contributed by atoms with Crippen LogP contribution in [0.5, 0.6) is 0 Å². The largest absolute Gasteiger partial charge is 0.403 e. The van der Waals surface area contributed by atoms with Gasteiger partial charge in [-0.15, -0.1) is 5.10 Å². The van der Waals surface area contributed by atoms with E-state index < -0.39 is 0 Å². The number of aromatic nitrogens is 7. The number of rotatable bonds is 7. The highest BCUT2D eigenvalue weighted by molar-refractivity contribution is 9.10. The molecule has 2 N–H and O–H groups in total. The van der Waals surface area contributed by atoms with Crippen molar-refractivity contribution in [2.75, 3.05) is 29.9 Å². The first-order valence-corrected chi connectivity index (χ1v) is 11.3. The third kappa shape index (κ3) is 3.72. The second kappa shape index (κ2) is 7.97. The zero-order chi connectivity index (χ0) is 21.5.